The lowest BCUT2D eigenvalue weighted by Crippen LogP contribution is -2.41. The fraction of sp³-hybridized carbons (Fsp3) is 0.429. The van der Waals surface area contributed by atoms with Gasteiger partial charge in [-0.3, -0.25) is 4.90 Å². The van der Waals surface area contributed by atoms with Gasteiger partial charge in [0.05, 0.1) is 21.5 Å². The van der Waals surface area contributed by atoms with Gasteiger partial charge >= 0.3 is 0 Å². The Morgan fingerprint density at radius 3 is 2.46 bits per heavy atom. The Kier molecular flexibility index (Phi) is 7.44. The number of benzene rings is 2. The minimum atomic E-state index is -3.60. The van der Waals surface area contributed by atoms with Gasteiger partial charge in [0.15, 0.2) is 21.5 Å². The molecule has 0 aliphatic carbocycles. The monoisotopic (exact) mass is 523 g/mol. The first kappa shape index (κ1) is 25.6. The van der Waals surface area contributed by atoms with Crippen molar-refractivity contribution in [1.82, 2.24) is 14.9 Å². The van der Waals surface area contributed by atoms with Gasteiger partial charge in [0.25, 0.3) is 0 Å². The highest BCUT2D eigenvalue weighted by atomic mass is 32.2. The summed E-state index contributed by atoms with van der Waals surface area (Å²) in [7, 11) is -3.60. The van der Waals surface area contributed by atoms with Crippen molar-refractivity contribution in [3.05, 3.63) is 77.4 Å². The van der Waals surface area contributed by atoms with Crippen molar-refractivity contribution in [2.45, 2.75) is 62.4 Å². The fourth-order valence-corrected chi connectivity index (χ4v) is 6.92. The second kappa shape index (κ2) is 10.8. The normalized spacial score (nSPS) is 17.1. The number of aromatic nitrogens is 2. The highest BCUT2D eigenvalue weighted by Crippen LogP contribution is 2.32. The van der Waals surface area contributed by atoms with E-state index in [0.29, 0.717) is 25.9 Å². The number of halogens is 1. The van der Waals surface area contributed by atoms with E-state index >= 15 is 0 Å². The van der Waals surface area contributed by atoms with Gasteiger partial charge in [-0.1, -0.05) is 36.4 Å². The molecule has 1 fully saturated rings. The summed E-state index contributed by atoms with van der Waals surface area (Å²) < 4.78 is 40.0. The zero-order chi connectivity index (χ0) is 26.0. The molecule has 3 aromatic rings. The lowest BCUT2D eigenvalue weighted by Gasteiger charge is -2.35. The van der Waals surface area contributed by atoms with Crippen molar-refractivity contribution in [2.24, 2.45) is 0 Å². The van der Waals surface area contributed by atoms with Crippen LogP contribution in [0.5, 0.6) is 0 Å². The quantitative estimate of drug-likeness (QED) is 0.491. The van der Waals surface area contributed by atoms with Gasteiger partial charge in [0.1, 0.15) is 5.82 Å². The smallest absolute Gasteiger partial charge is 0.181 e. The van der Waals surface area contributed by atoms with E-state index in [4.69, 9.17) is 9.97 Å². The first-order valence-electron chi connectivity index (χ1n) is 13.0. The van der Waals surface area contributed by atoms with Gasteiger partial charge in [-0.05, 0) is 50.5 Å². The van der Waals surface area contributed by atoms with Gasteiger partial charge < -0.3 is 10.2 Å². The zero-order valence-corrected chi connectivity index (χ0v) is 22.2. The molecular weight excluding hydrogens is 489 g/mol. The van der Waals surface area contributed by atoms with Gasteiger partial charge in [-0.15, -0.1) is 0 Å². The first-order valence-corrected chi connectivity index (χ1v) is 14.5. The maximum absolute atomic E-state index is 13.7. The largest absolute Gasteiger partial charge is 0.365 e. The summed E-state index contributed by atoms with van der Waals surface area (Å²) in [5, 5.41) is 2.91. The average Bonchev–Trinajstić information content (AvgIpc) is 2.89. The van der Waals surface area contributed by atoms with E-state index in [0.717, 1.165) is 55.1 Å². The molecule has 0 spiro atoms. The molecule has 7 nitrogen and oxygen atoms in total. The summed E-state index contributed by atoms with van der Waals surface area (Å²) in [6.07, 6.45) is 1.76. The molecule has 9 heteroatoms. The molecule has 0 radical (unpaired) electrons. The topological polar surface area (TPSA) is 78.4 Å². The number of hydrogen-bond acceptors (Lipinski definition) is 7. The molecule has 0 unspecified atom stereocenters. The molecule has 37 heavy (non-hydrogen) atoms. The molecule has 1 N–H and O–H groups in total. The molecule has 2 aliphatic rings. The maximum Gasteiger partial charge on any atom is 0.181 e. The number of nitrogens with zero attached hydrogens (tertiary/aromatic N) is 4. The van der Waals surface area contributed by atoms with Crippen molar-refractivity contribution in [3.8, 4) is 0 Å². The van der Waals surface area contributed by atoms with Gasteiger partial charge in [0.2, 0.25) is 0 Å². The minimum Gasteiger partial charge on any atom is -0.365 e. The van der Waals surface area contributed by atoms with Crippen LogP contribution in [0.15, 0.2) is 59.5 Å². The highest BCUT2D eigenvalue weighted by molar-refractivity contribution is 7.92. The molecule has 0 amide bonds. The predicted molar refractivity (Wildman–Crippen MR) is 144 cm³/mol. The predicted octanol–water partition coefficient (Wildman–Crippen LogP) is 4.44. The van der Waals surface area contributed by atoms with E-state index in [1.165, 1.54) is 23.8 Å². The third-order valence-corrected chi connectivity index (χ3v) is 9.31. The van der Waals surface area contributed by atoms with Crippen LogP contribution in [-0.4, -0.2) is 54.2 Å². The van der Waals surface area contributed by atoms with E-state index in [1.807, 2.05) is 6.07 Å². The summed E-state index contributed by atoms with van der Waals surface area (Å²) in [5.74, 6) is 1.01. The average molecular weight is 524 g/mol. The Labute approximate surface area is 218 Å². The Morgan fingerprint density at radius 1 is 1.00 bits per heavy atom. The minimum absolute atomic E-state index is 0.0557. The van der Waals surface area contributed by atoms with Crippen LogP contribution < -0.4 is 10.2 Å². The number of hydrogen-bond donors (Lipinski definition) is 1. The molecule has 3 heterocycles. The zero-order valence-electron chi connectivity index (χ0n) is 21.4. The highest BCUT2D eigenvalue weighted by Gasteiger charge is 2.33. The third kappa shape index (κ3) is 5.78. The van der Waals surface area contributed by atoms with Gasteiger partial charge in [-0.2, -0.15) is 0 Å². The molecule has 2 aromatic carbocycles. The number of fused-ring (bicyclic) bond motifs is 1. The number of piperidine rings is 1. The molecular formula is C28H34FN5O2S. The van der Waals surface area contributed by atoms with E-state index in [2.05, 4.69) is 53.2 Å². The number of rotatable bonds is 7. The second-order valence-corrected chi connectivity index (χ2v) is 12.5. The van der Waals surface area contributed by atoms with Crippen LogP contribution in [0.1, 0.15) is 43.6 Å². The lowest BCUT2D eigenvalue weighted by atomic mass is 10.1. The van der Waals surface area contributed by atoms with E-state index in [9.17, 15) is 12.8 Å². The molecule has 0 atom stereocenters. The van der Waals surface area contributed by atoms with Crippen molar-refractivity contribution >= 4 is 21.5 Å². The Hall–Kier alpha value is -3.04. The number of nitrogens with one attached hydrogen (secondary N) is 1. The maximum atomic E-state index is 13.7. The summed E-state index contributed by atoms with van der Waals surface area (Å²) in [4.78, 5) is 14.7. The molecule has 0 bridgehead atoms. The lowest BCUT2D eigenvalue weighted by molar-refractivity contribution is 0.239. The van der Waals surface area contributed by atoms with E-state index in [1.54, 1.807) is 0 Å². The van der Waals surface area contributed by atoms with Crippen LogP contribution in [0, 0.1) is 5.82 Å². The summed E-state index contributed by atoms with van der Waals surface area (Å²) in [6.45, 7) is 7.78. The summed E-state index contributed by atoms with van der Waals surface area (Å²) >= 11 is 0. The second-order valence-electron chi connectivity index (χ2n) is 10.2. The molecule has 5 rings (SSSR count). The molecule has 0 saturated carbocycles. The van der Waals surface area contributed by atoms with Gasteiger partial charge in [-0.25, -0.2) is 22.8 Å². The van der Waals surface area contributed by atoms with Crippen molar-refractivity contribution in [2.75, 3.05) is 29.9 Å². The molecule has 1 aromatic heterocycles. The number of sulfone groups is 1. The fourth-order valence-electron chi connectivity index (χ4n) is 5.16. The van der Waals surface area contributed by atoms with Crippen molar-refractivity contribution in [3.63, 3.8) is 0 Å². The SMILES string of the molecule is CC(C)Nc1nc2c(nc1N1CCC(S(=O)(=O)c3cccc(F)c3)CC1)CN(Cc1ccccc1)CC2. The van der Waals surface area contributed by atoms with Crippen LogP contribution >= 0.6 is 0 Å². The Morgan fingerprint density at radius 2 is 1.76 bits per heavy atom. The summed E-state index contributed by atoms with van der Waals surface area (Å²) in [5.41, 5.74) is 3.29. The molecule has 2 aliphatic heterocycles. The van der Waals surface area contributed by atoms with E-state index < -0.39 is 20.9 Å². The first-order chi connectivity index (χ1) is 17.8. The van der Waals surface area contributed by atoms with Crippen LogP contribution in [0.2, 0.25) is 0 Å². The Balaban J connectivity index is 1.35. The van der Waals surface area contributed by atoms with Crippen molar-refractivity contribution in [1.29, 1.82) is 0 Å². The van der Waals surface area contributed by atoms with Gasteiger partial charge in [0, 0.05) is 45.2 Å². The molecule has 196 valence electrons. The standard InChI is InChI=1S/C28H34FN5O2S/c1-20(2)30-27-28(32-26-19-33(14-13-25(26)31-27)18-21-7-4-3-5-8-21)34-15-11-23(12-16-34)37(35,36)24-10-6-9-22(29)17-24/h3-10,17,20,23H,11-16,18-19H2,1-2H3,(H,30,31). The van der Waals surface area contributed by atoms with Crippen molar-refractivity contribution < 1.29 is 12.8 Å². The molecule has 1 saturated heterocycles. The van der Waals surface area contributed by atoms with Crippen LogP contribution in [-0.2, 0) is 29.3 Å². The third-order valence-electron chi connectivity index (χ3n) is 7.05. The van der Waals surface area contributed by atoms with Crippen LogP contribution in [0.3, 0.4) is 0 Å². The Bertz CT molecular complexity index is 1340. The number of anilines is 2. The van der Waals surface area contributed by atoms with E-state index in [-0.39, 0.29) is 10.9 Å². The summed E-state index contributed by atoms with van der Waals surface area (Å²) in [6, 6.07) is 15.9. The van der Waals surface area contributed by atoms with Crippen LogP contribution in [0.25, 0.3) is 0 Å². The van der Waals surface area contributed by atoms with Crippen LogP contribution in [0.4, 0.5) is 16.0 Å².